The number of rotatable bonds is 6. The first kappa shape index (κ1) is 19.4. The molecule has 1 heterocycles. The van der Waals surface area contributed by atoms with Gasteiger partial charge in [-0.1, -0.05) is 24.3 Å². The van der Waals surface area contributed by atoms with Crippen LogP contribution < -0.4 is 10.1 Å². The van der Waals surface area contributed by atoms with Gasteiger partial charge in [0.1, 0.15) is 17.7 Å². The summed E-state index contributed by atoms with van der Waals surface area (Å²) < 4.78 is 19.7. The van der Waals surface area contributed by atoms with Crippen molar-refractivity contribution in [3.8, 4) is 5.75 Å². The minimum Gasteiger partial charge on any atom is -0.490 e. The summed E-state index contributed by atoms with van der Waals surface area (Å²) in [5.41, 5.74) is 3.00. The molecule has 0 aromatic heterocycles. The molecule has 1 aliphatic heterocycles. The molecule has 2 aromatic carbocycles. The van der Waals surface area contributed by atoms with Gasteiger partial charge in [-0.3, -0.25) is 9.69 Å². The third kappa shape index (κ3) is 5.54. The standard InChI is InChI=1S/C22H27FN2O2/c1-16-7-8-20(13-17(16)2)27-19-9-11-25(12-10-19)15-22(26)24-14-18-5-3-4-6-21(18)23/h3-8,13,19H,9-12,14-15H2,1-2H3,(H,24,26). The number of likely N-dealkylation sites (tertiary alicyclic amines) is 1. The number of hydrogen-bond acceptors (Lipinski definition) is 3. The van der Waals surface area contributed by atoms with Crippen LogP contribution in [0.25, 0.3) is 0 Å². The first-order chi connectivity index (χ1) is 13.0. The van der Waals surface area contributed by atoms with Crippen LogP contribution in [-0.4, -0.2) is 36.5 Å². The number of halogens is 1. The summed E-state index contributed by atoms with van der Waals surface area (Å²) in [5.74, 6) is 0.549. The maximum absolute atomic E-state index is 13.6. The Bertz CT molecular complexity index is 786. The number of amides is 1. The van der Waals surface area contributed by atoms with Crippen LogP contribution in [0.3, 0.4) is 0 Å². The van der Waals surface area contributed by atoms with Gasteiger partial charge in [-0.15, -0.1) is 0 Å². The first-order valence-corrected chi connectivity index (χ1v) is 9.47. The average molecular weight is 370 g/mol. The van der Waals surface area contributed by atoms with E-state index in [-0.39, 0.29) is 24.4 Å². The number of carbonyl (C=O) groups is 1. The number of hydrogen-bond donors (Lipinski definition) is 1. The Balaban J connectivity index is 1.40. The molecule has 0 aliphatic carbocycles. The van der Waals surface area contributed by atoms with E-state index in [1.807, 2.05) is 6.07 Å². The van der Waals surface area contributed by atoms with E-state index in [9.17, 15) is 9.18 Å². The quantitative estimate of drug-likeness (QED) is 0.845. The van der Waals surface area contributed by atoms with Crippen LogP contribution in [0.4, 0.5) is 4.39 Å². The van der Waals surface area contributed by atoms with Crippen molar-refractivity contribution in [2.24, 2.45) is 0 Å². The van der Waals surface area contributed by atoms with Crippen molar-refractivity contribution in [2.45, 2.75) is 39.3 Å². The lowest BCUT2D eigenvalue weighted by molar-refractivity contribution is -0.122. The number of nitrogens with one attached hydrogen (secondary N) is 1. The van der Waals surface area contributed by atoms with Gasteiger partial charge in [0.2, 0.25) is 5.91 Å². The van der Waals surface area contributed by atoms with E-state index in [0.29, 0.717) is 12.1 Å². The second-order valence-corrected chi connectivity index (χ2v) is 7.21. The molecule has 1 saturated heterocycles. The fourth-order valence-corrected chi connectivity index (χ4v) is 3.26. The lowest BCUT2D eigenvalue weighted by Crippen LogP contribution is -2.43. The second kappa shape index (κ2) is 9.00. The maximum atomic E-state index is 13.6. The zero-order valence-electron chi connectivity index (χ0n) is 16.0. The molecule has 1 amide bonds. The topological polar surface area (TPSA) is 41.6 Å². The molecule has 0 radical (unpaired) electrons. The molecule has 0 saturated carbocycles. The van der Waals surface area contributed by atoms with Gasteiger partial charge in [-0.2, -0.15) is 0 Å². The van der Waals surface area contributed by atoms with Crippen LogP contribution >= 0.6 is 0 Å². The summed E-state index contributed by atoms with van der Waals surface area (Å²) in [7, 11) is 0. The number of aryl methyl sites for hydroxylation is 2. The van der Waals surface area contributed by atoms with Crippen LogP contribution in [0, 0.1) is 19.7 Å². The third-order valence-electron chi connectivity index (χ3n) is 5.12. The summed E-state index contributed by atoms with van der Waals surface area (Å²) in [6.07, 6.45) is 1.98. The molecule has 1 fully saturated rings. The molecule has 0 unspecified atom stereocenters. The highest BCUT2D eigenvalue weighted by Crippen LogP contribution is 2.21. The van der Waals surface area contributed by atoms with Gasteiger partial charge in [0.25, 0.3) is 0 Å². The molecular formula is C22H27FN2O2. The molecule has 2 aromatic rings. The monoisotopic (exact) mass is 370 g/mol. The van der Waals surface area contributed by atoms with Crippen molar-refractivity contribution in [2.75, 3.05) is 19.6 Å². The molecule has 0 bridgehead atoms. The Kier molecular flexibility index (Phi) is 6.45. The van der Waals surface area contributed by atoms with Crippen LogP contribution in [0.15, 0.2) is 42.5 Å². The summed E-state index contributed by atoms with van der Waals surface area (Å²) in [6, 6.07) is 12.7. The highest BCUT2D eigenvalue weighted by molar-refractivity contribution is 5.78. The Labute approximate surface area is 160 Å². The van der Waals surface area contributed by atoms with Gasteiger partial charge in [0.05, 0.1) is 6.54 Å². The van der Waals surface area contributed by atoms with Crippen molar-refractivity contribution in [1.82, 2.24) is 10.2 Å². The van der Waals surface area contributed by atoms with Crippen molar-refractivity contribution in [3.63, 3.8) is 0 Å². The summed E-state index contributed by atoms with van der Waals surface area (Å²) in [4.78, 5) is 14.3. The minimum absolute atomic E-state index is 0.0771. The van der Waals surface area contributed by atoms with Gasteiger partial charge in [0, 0.05) is 25.2 Å². The first-order valence-electron chi connectivity index (χ1n) is 9.47. The van der Waals surface area contributed by atoms with E-state index in [4.69, 9.17) is 4.74 Å². The number of piperidine rings is 1. The minimum atomic E-state index is -0.290. The normalized spacial score (nSPS) is 15.5. The molecule has 0 spiro atoms. The van der Waals surface area contributed by atoms with E-state index in [2.05, 4.69) is 36.2 Å². The fraction of sp³-hybridized carbons (Fsp3) is 0.409. The Hall–Kier alpha value is -2.40. The van der Waals surface area contributed by atoms with Crippen LogP contribution in [0.1, 0.15) is 29.5 Å². The second-order valence-electron chi connectivity index (χ2n) is 7.21. The number of ether oxygens (including phenoxy) is 1. The van der Waals surface area contributed by atoms with Gasteiger partial charge < -0.3 is 10.1 Å². The molecule has 27 heavy (non-hydrogen) atoms. The largest absolute Gasteiger partial charge is 0.490 e. The lowest BCUT2D eigenvalue weighted by Gasteiger charge is -2.31. The van der Waals surface area contributed by atoms with Crippen molar-refractivity contribution in [1.29, 1.82) is 0 Å². The number of carbonyl (C=O) groups excluding carboxylic acids is 1. The molecule has 0 atom stereocenters. The van der Waals surface area contributed by atoms with Crippen molar-refractivity contribution < 1.29 is 13.9 Å². The molecule has 4 nitrogen and oxygen atoms in total. The van der Waals surface area contributed by atoms with Crippen molar-refractivity contribution in [3.05, 3.63) is 65.0 Å². The SMILES string of the molecule is Cc1ccc(OC2CCN(CC(=O)NCc3ccccc3F)CC2)cc1C. The van der Waals surface area contributed by atoms with E-state index >= 15 is 0 Å². The number of benzene rings is 2. The van der Waals surface area contributed by atoms with E-state index in [1.54, 1.807) is 18.2 Å². The maximum Gasteiger partial charge on any atom is 0.234 e. The zero-order chi connectivity index (χ0) is 19.2. The molecule has 3 rings (SSSR count). The molecule has 5 heteroatoms. The van der Waals surface area contributed by atoms with E-state index in [1.165, 1.54) is 17.2 Å². The lowest BCUT2D eigenvalue weighted by atomic mass is 10.1. The summed E-state index contributed by atoms with van der Waals surface area (Å²) in [5, 5.41) is 2.80. The van der Waals surface area contributed by atoms with Crippen molar-refractivity contribution >= 4 is 5.91 Å². The fourth-order valence-electron chi connectivity index (χ4n) is 3.26. The summed E-state index contributed by atoms with van der Waals surface area (Å²) >= 11 is 0. The van der Waals surface area contributed by atoms with E-state index in [0.717, 1.165) is 31.7 Å². The average Bonchev–Trinajstić information content (AvgIpc) is 2.66. The smallest absolute Gasteiger partial charge is 0.234 e. The molecule has 1 aliphatic rings. The van der Waals surface area contributed by atoms with Gasteiger partial charge in [-0.05, 0) is 56.0 Å². The Morgan fingerprint density at radius 1 is 1.15 bits per heavy atom. The van der Waals surface area contributed by atoms with Crippen LogP contribution in [0.2, 0.25) is 0 Å². The highest BCUT2D eigenvalue weighted by Gasteiger charge is 2.22. The highest BCUT2D eigenvalue weighted by atomic mass is 19.1. The zero-order valence-corrected chi connectivity index (χ0v) is 16.0. The van der Waals surface area contributed by atoms with E-state index < -0.39 is 0 Å². The Morgan fingerprint density at radius 2 is 1.89 bits per heavy atom. The van der Waals surface area contributed by atoms with Crippen LogP contribution in [-0.2, 0) is 11.3 Å². The Morgan fingerprint density at radius 3 is 2.59 bits per heavy atom. The molecule has 144 valence electrons. The number of nitrogens with zero attached hydrogens (tertiary/aromatic N) is 1. The molecule has 1 N–H and O–H groups in total. The third-order valence-corrected chi connectivity index (χ3v) is 5.12. The molecular weight excluding hydrogens is 343 g/mol. The van der Waals surface area contributed by atoms with Crippen LogP contribution in [0.5, 0.6) is 5.75 Å². The predicted octanol–water partition coefficient (Wildman–Crippen LogP) is 3.60. The van der Waals surface area contributed by atoms with Gasteiger partial charge >= 0.3 is 0 Å². The summed E-state index contributed by atoms with van der Waals surface area (Å²) in [6.45, 7) is 6.38. The predicted molar refractivity (Wildman–Crippen MR) is 104 cm³/mol. The van der Waals surface area contributed by atoms with Gasteiger partial charge in [-0.25, -0.2) is 4.39 Å². The van der Waals surface area contributed by atoms with Gasteiger partial charge in [0.15, 0.2) is 0 Å².